The molecule has 1 heterocycles. The first-order valence-electron chi connectivity index (χ1n) is 12.4. The number of hydrogen-bond donors (Lipinski definition) is 1. The molecule has 0 saturated carbocycles. The lowest BCUT2D eigenvalue weighted by Gasteiger charge is -2.26. The summed E-state index contributed by atoms with van der Waals surface area (Å²) in [5, 5.41) is 3.08. The second-order valence-corrected chi connectivity index (χ2v) is 9.35. The topological polar surface area (TPSA) is 75.7 Å². The van der Waals surface area contributed by atoms with Gasteiger partial charge in [0.1, 0.15) is 5.75 Å². The number of rotatable bonds is 10. The Kier molecular flexibility index (Phi) is 7.84. The lowest BCUT2D eigenvalue weighted by Crippen LogP contribution is -2.41. The molecule has 6 nitrogen and oxygen atoms in total. The molecule has 0 spiro atoms. The van der Waals surface area contributed by atoms with Crippen LogP contribution in [0.5, 0.6) is 5.75 Å². The van der Waals surface area contributed by atoms with Gasteiger partial charge in [0.05, 0.1) is 36.2 Å². The number of amides is 3. The summed E-state index contributed by atoms with van der Waals surface area (Å²) in [7, 11) is 0. The fourth-order valence-corrected chi connectivity index (χ4v) is 4.16. The van der Waals surface area contributed by atoms with Gasteiger partial charge in [0.25, 0.3) is 11.8 Å². The first-order chi connectivity index (χ1) is 17.4. The average molecular weight is 485 g/mol. The van der Waals surface area contributed by atoms with E-state index in [-0.39, 0.29) is 24.3 Å². The highest BCUT2D eigenvalue weighted by Crippen LogP contribution is 2.27. The molecule has 1 aliphatic rings. The summed E-state index contributed by atoms with van der Waals surface area (Å²) < 4.78 is 5.87. The SMILES string of the molecule is CC[C@H](C)COc1ccc([C@H](CN2C(=O)c3ccccc3C2=O)NC(=O)C(C)c2ccccc2)cc1. The minimum Gasteiger partial charge on any atom is -0.493 e. The Morgan fingerprint density at radius 1 is 0.833 bits per heavy atom. The fraction of sp³-hybridized carbons (Fsp3) is 0.300. The number of ether oxygens (including phenoxy) is 1. The molecule has 3 aromatic carbocycles. The van der Waals surface area contributed by atoms with Crippen molar-refractivity contribution in [1.29, 1.82) is 0 Å². The first-order valence-corrected chi connectivity index (χ1v) is 12.4. The Morgan fingerprint density at radius 3 is 2.00 bits per heavy atom. The second-order valence-electron chi connectivity index (χ2n) is 9.35. The zero-order chi connectivity index (χ0) is 25.7. The van der Waals surface area contributed by atoms with Crippen LogP contribution >= 0.6 is 0 Å². The summed E-state index contributed by atoms with van der Waals surface area (Å²) in [5.74, 6) is -0.0830. The van der Waals surface area contributed by atoms with Crippen LogP contribution in [0.2, 0.25) is 0 Å². The van der Waals surface area contributed by atoms with E-state index in [2.05, 4.69) is 19.2 Å². The molecule has 0 bridgehead atoms. The van der Waals surface area contributed by atoms with Crippen molar-refractivity contribution in [2.75, 3.05) is 13.2 Å². The number of imide groups is 1. The molecule has 3 aromatic rings. The molecule has 6 heteroatoms. The van der Waals surface area contributed by atoms with Crippen molar-refractivity contribution >= 4 is 17.7 Å². The molecule has 0 radical (unpaired) electrons. The molecule has 1 unspecified atom stereocenters. The van der Waals surface area contributed by atoms with Gasteiger partial charge in [0.15, 0.2) is 0 Å². The number of carbonyl (C=O) groups excluding carboxylic acids is 3. The van der Waals surface area contributed by atoms with Crippen LogP contribution in [0, 0.1) is 5.92 Å². The van der Waals surface area contributed by atoms with Crippen molar-refractivity contribution in [3.05, 3.63) is 101 Å². The zero-order valence-electron chi connectivity index (χ0n) is 20.9. The Morgan fingerprint density at radius 2 is 1.42 bits per heavy atom. The molecule has 1 aliphatic heterocycles. The third-order valence-electron chi connectivity index (χ3n) is 6.77. The van der Waals surface area contributed by atoms with Gasteiger partial charge in [-0.25, -0.2) is 0 Å². The van der Waals surface area contributed by atoms with E-state index in [1.807, 2.05) is 61.5 Å². The Bertz CT molecular complexity index is 1190. The lowest BCUT2D eigenvalue weighted by atomic mass is 9.99. The Hall–Kier alpha value is -3.93. The van der Waals surface area contributed by atoms with Crippen LogP contribution < -0.4 is 10.1 Å². The van der Waals surface area contributed by atoms with E-state index in [1.54, 1.807) is 24.3 Å². The molecule has 4 rings (SSSR count). The molecule has 0 aromatic heterocycles. The smallest absolute Gasteiger partial charge is 0.261 e. The van der Waals surface area contributed by atoms with Gasteiger partial charge < -0.3 is 10.1 Å². The predicted octanol–water partition coefficient (Wildman–Crippen LogP) is 5.37. The van der Waals surface area contributed by atoms with Gasteiger partial charge in [-0.3, -0.25) is 19.3 Å². The zero-order valence-corrected chi connectivity index (χ0v) is 20.9. The lowest BCUT2D eigenvalue weighted by molar-refractivity contribution is -0.123. The number of nitrogens with one attached hydrogen (secondary N) is 1. The van der Waals surface area contributed by atoms with Crippen LogP contribution in [-0.2, 0) is 4.79 Å². The highest BCUT2D eigenvalue weighted by atomic mass is 16.5. The van der Waals surface area contributed by atoms with E-state index < -0.39 is 12.0 Å². The summed E-state index contributed by atoms with van der Waals surface area (Å²) in [6, 6.07) is 23.2. The molecular weight excluding hydrogens is 452 g/mol. The maximum atomic E-state index is 13.2. The van der Waals surface area contributed by atoms with Crippen molar-refractivity contribution < 1.29 is 19.1 Å². The monoisotopic (exact) mass is 484 g/mol. The summed E-state index contributed by atoms with van der Waals surface area (Å²) in [5.41, 5.74) is 2.46. The third kappa shape index (κ3) is 5.48. The summed E-state index contributed by atoms with van der Waals surface area (Å²) in [4.78, 5) is 40.5. The molecule has 3 amide bonds. The van der Waals surface area contributed by atoms with Crippen LogP contribution in [0.4, 0.5) is 0 Å². The molecule has 186 valence electrons. The molecule has 1 N–H and O–H groups in total. The van der Waals surface area contributed by atoms with Gasteiger partial charge in [-0.2, -0.15) is 0 Å². The number of benzene rings is 3. The molecule has 0 saturated heterocycles. The number of carbonyl (C=O) groups is 3. The van der Waals surface area contributed by atoms with Crippen molar-refractivity contribution in [2.45, 2.75) is 39.2 Å². The van der Waals surface area contributed by atoms with Gasteiger partial charge in [-0.15, -0.1) is 0 Å². The normalized spacial score (nSPS) is 15.2. The van der Waals surface area contributed by atoms with Crippen LogP contribution in [0.1, 0.15) is 71.0 Å². The average Bonchev–Trinajstić information content (AvgIpc) is 3.16. The molecule has 0 fully saturated rings. The largest absolute Gasteiger partial charge is 0.493 e. The molecule has 36 heavy (non-hydrogen) atoms. The maximum absolute atomic E-state index is 13.2. The quantitative estimate of drug-likeness (QED) is 0.393. The first kappa shape index (κ1) is 25.2. The van der Waals surface area contributed by atoms with E-state index in [4.69, 9.17) is 4.74 Å². The van der Waals surface area contributed by atoms with Crippen molar-refractivity contribution in [3.63, 3.8) is 0 Å². The van der Waals surface area contributed by atoms with Crippen LogP contribution in [0.15, 0.2) is 78.9 Å². The van der Waals surface area contributed by atoms with Crippen molar-refractivity contribution in [3.8, 4) is 5.75 Å². The Balaban J connectivity index is 1.56. The van der Waals surface area contributed by atoms with Gasteiger partial charge in [-0.1, -0.05) is 74.9 Å². The van der Waals surface area contributed by atoms with Gasteiger partial charge in [0, 0.05) is 0 Å². The van der Waals surface area contributed by atoms with Crippen LogP contribution in [-0.4, -0.2) is 35.8 Å². The Labute approximate surface area is 212 Å². The summed E-state index contributed by atoms with van der Waals surface area (Å²) in [6.45, 7) is 6.76. The number of hydrogen-bond acceptors (Lipinski definition) is 4. The highest BCUT2D eigenvalue weighted by Gasteiger charge is 2.37. The fourth-order valence-electron chi connectivity index (χ4n) is 4.16. The summed E-state index contributed by atoms with van der Waals surface area (Å²) in [6.07, 6.45) is 1.03. The van der Waals surface area contributed by atoms with Gasteiger partial charge in [-0.05, 0) is 48.2 Å². The minimum atomic E-state index is -0.575. The number of nitrogens with zero attached hydrogens (tertiary/aromatic N) is 1. The summed E-state index contributed by atoms with van der Waals surface area (Å²) >= 11 is 0. The molecule has 0 aliphatic carbocycles. The van der Waals surface area contributed by atoms with Crippen molar-refractivity contribution in [1.82, 2.24) is 10.2 Å². The van der Waals surface area contributed by atoms with Gasteiger partial charge in [0.2, 0.25) is 5.91 Å². The van der Waals surface area contributed by atoms with E-state index in [0.29, 0.717) is 23.7 Å². The minimum absolute atomic E-state index is 0.0344. The standard InChI is InChI=1S/C30H32N2O4/c1-4-20(2)19-36-24-16-14-23(15-17-24)27(31-28(33)21(3)22-10-6-5-7-11-22)18-32-29(34)25-12-8-9-13-26(25)30(32)35/h5-17,20-21,27H,4,18-19H2,1-3H3,(H,31,33)/t20-,21?,27-/m0/s1. The van der Waals surface area contributed by atoms with Crippen LogP contribution in [0.3, 0.4) is 0 Å². The molecular formula is C30H32N2O4. The highest BCUT2D eigenvalue weighted by molar-refractivity contribution is 6.21. The van der Waals surface area contributed by atoms with E-state index in [0.717, 1.165) is 23.3 Å². The van der Waals surface area contributed by atoms with Crippen molar-refractivity contribution in [2.24, 2.45) is 5.92 Å². The second kappa shape index (κ2) is 11.2. The van der Waals surface area contributed by atoms with Crippen LogP contribution in [0.25, 0.3) is 0 Å². The number of fused-ring (bicyclic) bond motifs is 1. The van der Waals surface area contributed by atoms with E-state index >= 15 is 0 Å². The maximum Gasteiger partial charge on any atom is 0.261 e. The predicted molar refractivity (Wildman–Crippen MR) is 139 cm³/mol. The molecule has 3 atom stereocenters. The van der Waals surface area contributed by atoms with Gasteiger partial charge >= 0.3 is 0 Å². The third-order valence-corrected chi connectivity index (χ3v) is 6.77. The van der Waals surface area contributed by atoms with E-state index in [1.165, 1.54) is 4.90 Å². The van der Waals surface area contributed by atoms with E-state index in [9.17, 15) is 14.4 Å².